The van der Waals surface area contributed by atoms with Gasteiger partial charge in [-0.3, -0.25) is 14.2 Å². The number of methoxy groups -OCH3 is 1. The van der Waals surface area contributed by atoms with Crippen LogP contribution < -0.4 is 10.3 Å². The number of benzene rings is 2. The number of fused-ring (bicyclic) bond motifs is 1. The third-order valence-electron chi connectivity index (χ3n) is 4.28. The molecule has 0 aliphatic heterocycles. The summed E-state index contributed by atoms with van der Waals surface area (Å²) in [7, 11) is 1.59. The SMILES string of the molecule is COc1ccc(-n2c(SCC(=O)c3ccc(Br)cc3)nc3ccsc3c2=O)cc1. The highest BCUT2D eigenvalue weighted by Crippen LogP contribution is 2.25. The highest BCUT2D eigenvalue weighted by atomic mass is 79.9. The fraction of sp³-hybridized carbons (Fsp3) is 0.0952. The normalized spacial score (nSPS) is 11.0. The Balaban J connectivity index is 1.71. The molecular weight excluding hydrogens is 472 g/mol. The molecule has 146 valence electrons. The molecule has 0 amide bonds. The number of thioether (sulfide) groups is 1. The van der Waals surface area contributed by atoms with E-state index in [0.29, 0.717) is 32.4 Å². The fourth-order valence-corrected chi connectivity index (χ4v) is 4.73. The number of ketones is 1. The molecule has 0 bridgehead atoms. The standard InChI is InChI=1S/C21H15BrN2O3S2/c1-27-16-8-6-15(7-9-16)24-20(26)19-17(10-11-28-19)23-21(24)29-12-18(25)13-2-4-14(22)5-3-13/h2-11H,12H2,1H3. The maximum Gasteiger partial charge on any atom is 0.276 e. The van der Waals surface area contributed by atoms with E-state index in [1.54, 1.807) is 35.9 Å². The van der Waals surface area contributed by atoms with E-state index < -0.39 is 0 Å². The second kappa shape index (κ2) is 8.52. The van der Waals surface area contributed by atoms with Crippen LogP contribution in [-0.4, -0.2) is 28.2 Å². The third kappa shape index (κ3) is 4.14. The summed E-state index contributed by atoms with van der Waals surface area (Å²) >= 11 is 5.99. The minimum absolute atomic E-state index is 0.0246. The topological polar surface area (TPSA) is 61.2 Å². The summed E-state index contributed by atoms with van der Waals surface area (Å²) in [5.74, 6) is 0.856. The van der Waals surface area contributed by atoms with E-state index in [9.17, 15) is 9.59 Å². The van der Waals surface area contributed by atoms with Crippen molar-refractivity contribution in [3.63, 3.8) is 0 Å². The van der Waals surface area contributed by atoms with Crippen molar-refractivity contribution in [1.82, 2.24) is 9.55 Å². The zero-order chi connectivity index (χ0) is 20.4. The highest BCUT2D eigenvalue weighted by molar-refractivity contribution is 9.10. The van der Waals surface area contributed by atoms with Gasteiger partial charge < -0.3 is 4.74 Å². The first-order valence-corrected chi connectivity index (χ1v) is 11.3. The van der Waals surface area contributed by atoms with E-state index in [4.69, 9.17) is 4.74 Å². The second-order valence-electron chi connectivity index (χ2n) is 6.09. The predicted octanol–water partition coefficient (Wildman–Crippen LogP) is 5.19. The number of thiophene rings is 1. The summed E-state index contributed by atoms with van der Waals surface area (Å²) in [5.41, 5.74) is 1.80. The average Bonchev–Trinajstić information content (AvgIpc) is 3.22. The Hall–Kier alpha value is -2.42. The van der Waals surface area contributed by atoms with Crippen LogP contribution in [0.15, 0.2) is 74.4 Å². The Bertz CT molecular complexity index is 1230. The summed E-state index contributed by atoms with van der Waals surface area (Å²) in [5, 5.41) is 2.33. The lowest BCUT2D eigenvalue weighted by atomic mass is 10.2. The number of Topliss-reactive ketones (excluding diaryl/α,β-unsaturated/α-hetero) is 1. The van der Waals surface area contributed by atoms with E-state index in [-0.39, 0.29) is 17.1 Å². The molecule has 0 radical (unpaired) electrons. The molecular formula is C21H15BrN2O3S2. The lowest BCUT2D eigenvalue weighted by Gasteiger charge is -2.12. The van der Waals surface area contributed by atoms with Crippen LogP contribution in [0, 0.1) is 0 Å². The van der Waals surface area contributed by atoms with Gasteiger partial charge in [-0.1, -0.05) is 39.8 Å². The van der Waals surface area contributed by atoms with Crippen molar-refractivity contribution in [2.45, 2.75) is 5.16 Å². The van der Waals surface area contributed by atoms with E-state index in [1.807, 2.05) is 35.7 Å². The van der Waals surface area contributed by atoms with Crippen molar-refractivity contribution in [3.05, 3.63) is 80.4 Å². The number of ether oxygens (including phenoxy) is 1. The molecule has 0 atom stereocenters. The van der Waals surface area contributed by atoms with Gasteiger partial charge in [-0.05, 0) is 47.8 Å². The summed E-state index contributed by atoms with van der Waals surface area (Å²) in [6, 6.07) is 16.2. The van der Waals surface area contributed by atoms with Gasteiger partial charge in [0, 0.05) is 10.0 Å². The van der Waals surface area contributed by atoms with E-state index in [0.717, 1.165) is 4.47 Å². The zero-order valence-electron chi connectivity index (χ0n) is 15.3. The Morgan fingerprint density at radius 2 is 1.86 bits per heavy atom. The van der Waals surface area contributed by atoms with Crippen molar-refractivity contribution in [2.24, 2.45) is 0 Å². The molecule has 29 heavy (non-hydrogen) atoms. The predicted molar refractivity (Wildman–Crippen MR) is 121 cm³/mol. The molecule has 0 aliphatic rings. The highest BCUT2D eigenvalue weighted by Gasteiger charge is 2.16. The number of aromatic nitrogens is 2. The van der Waals surface area contributed by atoms with E-state index >= 15 is 0 Å². The molecule has 5 nitrogen and oxygen atoms in total. The first kappa shape index (κ1) is 19.9. The van der Waals surface area contributed by atoms with Gasteiger partial charge in [-0.25, -0.2) is 4.98 Å². The fourth-order valence-electron chi connectivity index (χ4n) is 2.80. The Morgan fingerprint density at radius 3 is 2.55 bits per heavy atom. The largest absolute Gasteiger partial charge is 0.497 e. The van der Waals surface area contributed by atoms with Crippen molar-refractivity contribution >= 4 is 55.0 Å². The molecule has 0 fully saturated rings. The molecule has 2 aromatic carbocycles. The smallest absolute Gasteiger partial charge is 0.276 e. The Morgan fingerprint density at radius 1 is 1.14 bits per heavy atom. The molecule has 0 aliphatic carbocycles. The van der Waals surface area contributed by atoms with Gasteiger partial charge in [-0.2, -0.15) is 0 Å². The van der Waals surface area contributed by atoms with E-state index in [1.165, 1.54) is 23.1 Å². The van der Waals surface area contributed by atoms with Crippen LogP contribution in [0.5, 0.6) is 5.75 Å². The van der Waals surface area contributed by atoms with Crippen LogP contribution in [0.2, 0.25) is 0 Å². The Labute approximate surface area is 183 Å². The molecule has 2 aromatic heterocycles. The third-order valence-corrected chi connectivity index (χ3v) is 6.64. The molecule has 0 spiro atoms. The van der Waals surface area contributed by atoms with Crippen LogP contribution in [0.3, 0.4) is 0 Å². The summed E-state index contributed by atoms with van der Waals surface area (Å²) < 4.78 is 8.26. The maximum atomic E-state index is 13.1. The van der Waals surface area contributed by atoms with Crippen LogP contribution >= 0.6 is 39.0 Å². The monoisotopic (exact) mass is 486 g/mol. The van der Waals surface area contributed by atoms with Crippen LogP contribution in [0.1, 0.15) is 10.4 Å². The van der Waals surface area contributed by atoms with Crippen molar-refractivity contribution in [3.8, 4) is 11.4 Å². The van der Waals surface area contributed by atoms with Gasteiger partial charge in [0.2, 0.25) is 0 Å². The van der Waals surface area contributed by atoms with Crippen LogP contribution in [-0.2, 0) is 0 Å². The van der Waals surface area contributed by atoms with Gasteiger partial charge >= 0.3 is 0 Å². The number of halogens is 1. The molecule has 0 N–H and O–H groups in total. The molecule has 0 saturated carbocycles. The zero-order valence-corrected chi connectivity index (χ0v) is 18.5. The van der Waals surface area contributed by atoms with E-state index in [2.05, 4.69) is 20.9 Å². The van der Waals surface area contributed by atoms with Gasteiger partial charge in [0.05, 0.1) is 24.1 Å². The van der Waals surface area contributed by atoms with Crippen LogP contribution in [0.25, 0.3) is 15.9 Å². The Kier molecular flexibility index (Phi) is 5.84. The number of hydrogen-bond donors (Lipinski definition) is 0. The summed E-state index contributed by atoms with van der Waals surface area (Å²) in [6.07, 6.45) is 0. The molecule has 8 heteroatoms. The molecule has 0 saturated heterocycles. The lowest BCUT2D eigenvalue weighted by Crippen LogP contribution is -2.21. The number of hydrogen-bond acceptors (Lipinski definition) is 6. The van der Waals surface area contributed by atoms with Gasteiger partial charge in [0.25, 0.3) is 5.56 Å². The van der Waals surface area contributed by atoms with Gasteiger partial charge in [0.15, 0.2) is 10.9 Å². The van der Waals surface area contributed by atoms with Crippen molar-refractivity contribution in [1.29, 1.82) is 0 Å². The lowest BCUT2D eigenvalue weighted by molar-refractivity contribution is 0.102. The van der Waals surface area contributed by atoms with Crippen molar-refractivity contribution in [2.75, 3.05) is 12.9 Å². The average molecular weight is 487 g/mol. The summed E-state index contributed by atoms with van der Waals surface area (Å²) in [6.45, 7) is 0. The number of carbonyl (C=O) groups is 1. The summed E-state index contributed by atoms with van der Waals surface area (Å²) in [4.78, 5) is 30.3. The number of rotatable bonds is 6. The first-order valence-electron chi connectivity index (χ1n) is 8.63. The number of nitrogens with zero attached hydrogens (tertiary/aromatic N) is 2. The minimum atomic E-state index is -0.145. The second-order valence-corrected chi connectivity index (χ2v) is 8.86. The molecule has 0 unspecified atom stereocenters. The molecule has 4 rings (SSSR count). The van der Waals surface area contributed by atoms with Crippen molar-refractivity contribution < 1.29 is 9.53 Å². The van der Waals surface area contributed by atoms with Gasteiger partial charge in [0.1, 0.15) is 10.4 Å². The quantitative estimate of drug-likeness (QED) is 0.213. The molecule has 2 heterocycles. The van der Waals surface area contributed by atoms with Gasteiger partial charge in [-0.15, -0.1) is 11.3 Å². The maximum absolute atomic E-state index is 13.1. The minimum Gasteiger partial charge on any atom is -0.497 e. The molecule has 4 aromatic rings. The number of carbonyl (C=O) groups excluding carboxylic acids is 1. The van der Waals surface area contributed by atoms with Crippen LogP contribution in [0.4, 0.5) is 0 Å². The first-order chi connectivity index (χ1) is 14.1.